The Labute approximate surface area is 117 Å². The first kappa shape index (κ1) is 12.4. The summed E-state index contributed by atoms with van der Waals surface area (Å²) in [7, 11) is 0. The quantitative estimate of drug-likeness (QED) is 0.807. The highest BCUT2D eigenvalue weighted by Crippen LogP contribution is 2.33. The van der Waals surface area contributed by atoms with Crippen molar-refractivity contribution in [2.45, 2.75) is 25.8 Å². The molecule has 0 spiro atoms. The van der Waals surface area contributed by atoms with Crippen LogP contribution in [0.3, 0.4) is 0 Å². The highest BCUT2D eigenvalue weighted by Gasteiger charge is 2.30. The minimum Gasteiger partial charge on any atom is -0.331 e. The number of thiophene rings is 1. The molecule has 0 unspecified atom stereocenters. The van der Waals surface area contributed by atoms with Gasteiger partial charge in [-0.25, -0.2) is 0 Å². The molecule has 0 N–H and O–H groups in total. The van der Waals surface area contributed by atoms with Gasteiger partial charge in [0.15, 0.2) is 0 Å². The van der Waals surface area contributed by atoms with Crippen LogP contribution in [-0.4, -0.2) is 17.4 Å². The van der Waals surface area contributed by atoms with E-state index in [1.807, 2.05) is 22.4 Å². The van der Waals surface area contributed by atoms with Gasteiger partial charge in [-0.3, -0.25) is 4.79 Å². The number of benzene rings is 1. The highest BCUT2D eigenvalue weighted by molar-refractivity contribution is 7.12. The largest absolute Gasteiger partial charge is 0.331 e. The summed E-state index contributed by atoms with van der Waals surface area (Å²) in [5, 5.41) is 1.96. The van der Waals surface area contributed by atoms with Crippen LogP contribution in [0.25, 0.3) is 0 Å². The van der Waals surface area contributed by atoms with E-state index < -0.39 is 0 Å². The van der Waals surface area contributed by atoms with E-state index in [2.05, 4.69) is 31.2 Å². The van der Waals surface area contributed by atoms with Crippen LogP contribution in [0.15, 0.2) is 41.8 Å². The van der Waals surface area contributed by atoms with E-state index in [1.165, 1.54) is 22.5 Å². The average Bonchev–Trinajstić information content (AvgIpc) is 3.09. The maximum absolute atomic E-state index is 12.5. The second-order valence-electron chi connectivity index (χ2n) is 5.05. The van der Waals surface area contributed by atoms with Crippen molar-refractivity contribution in [3.8, 4) is 0 Å². The molecular formula is C16H17NOS. The Kier molecular flexibility index (Phi) is 3.38. The van der Waals surface area contributed by atoms with Crippen LogP contribution in [-0.2, 0) is 0 Å². The van der Waals surface area contributed by atoms with Gasteiger partial charge in [-0.05, 0) is 36.8 Å². The van der Waals surface area contributed by atoms with Crippen molar-refractivity contribution in [2.75, 3.05) is 6.54 Å². The van der Waals surface area contributed by atoms with Gasteiger partial charge in [0.2, 0.25) is 0 Å². The van der Waals surface area contributed by atoms with Crippen molar-refractivity contribution in [3.05, 3.63) is 57.8 Å². The zero-order valence-electron chi connectivity index (χ0n) is 11.0. The van der Waals surface area contributed by atoms with E-state index >= 15 is 0 Å². The third-order valence-electron chi connectivity index (χ3n) is 3.67. The van der Waals surface area contributed by atoms with Crippen LogP contribution < -0.4 is 0 Å². The van der Waals surface area contributed by atoms with Crippen LogP contribution >= 0.6 is 11.3 Å². The topological polar surface area (TPSA) is 20.3 Å². The molecule has 1 saturated heterocycles. The number of aryl methyl sites for hydroxylation is 1. The second kappa shape index (κ2) is 5.17. The van der Waals surface area contributed by atoms with Gasteiger partial charge in [0.1, 0.15) is 0 Å². The fourth-order valence-corrected chi connectivity index (χ4v) is 3.45. The molecule has 2 aromatic rings. The molecule has 19 heavy (non-hydrogen) atoms. The van der Waals surface area contributed by atoms with Gasteiger partial charge < -0.3 is 4.90 Å². The molecule has 1 aromatic heterocycles. The monoisotopic (exact) mass is 271 g/mol. The Morgan fingerprint density at radius 1 is 1.32 bits per heavy atom. The third kappa shape index (κ3) is 2.43. The molecule has 1 aliphatic heterocycles. The standard InChI is InChI=1S/C16H17NOS/c1-12-5-2-6-13(11-12)14-7-3-9-17(14)16(18)15-8-4-10-19-15/h2,4-6,8,10-11,14H,3,7,9H2,1H3/t14-/m1/s1. The summed E-state index contributed by atoms with van der Waals surface area (Å²) >= 11 is 1.53. The molecule has 0 radical (unpaired) electrons. The van der Waals surface area contributed by atoms with Crippen molar-refractivity contribution in [1.29, 1.82) is 0 Å². The maximum atomic E-state index is 12.5. The fraction of sp³-hybridized carbons (Fsp3) is 0.312. The molecule has 1 atom stereocenters. The van der Waals surface area contributed by atoms with Gasteiger partial charge in [-0.1, -0.05) is 35.9 Å². The van der Waals surface area contributed by atoms with Crippen molar-refractivity contribution >= 4 is 17.2 Å². The molecule has 1 aromatic carbocycles. The third-order valence-corrected chi connectivity index (χ3v) is 4.53. The summed E-state index contributed by atoms with van der Waals surface area (Å²) in [5.74, 6) is 0.180. The number of rotatable bonds is 2. The fourth-order valence-electron chi connectivity index (χ4n) is 2.78. The Morgan fingerprint density at radius 3 is 2.95 bits per heavy atom. The Morgan fingerprint density at radius 2 is 2.21 bits per heavy atom. The van der Waals surface area contributed by atoms with Crippen molar-refractivity contribution in [2.24, 2.45) is 0 Å². The second-order valence-corrected chi connectivity index (χ2v) is 6.00. The van der Waals surface area contributed by atoms with Crippen molar-refractivity contribution in [3.63, 3.8) is 0 Å². The summed E-state index contributed by atoms with van der Waals surface area (Å²) in [6.45, 7) is 2.97. The Balaban J connectivity index is 1.88. The lowest BCUT2D eigenvalue weighted by atomic mass is 10.0. The Bertz CT molecular complexity index is 576. The van der Waals surface area contributed by atoms with Gasteiger partial charge in [0.05, 0.1) is 10.9 Å². The zero-order valence-corrected chi connectivity index (χ0v) is 11.8. The van der Waals surface area contributed by atoms with E-state index in [0.717, 1.165) is 24.3 Å². The summed E-state index contributed by atoms with van der Waals surface area (Å²) < 4.78 is 0. The summed E-state index contributed by atoms with van der Waals surface area (Å²) in [6.07, 6.45) is 2.16. The number of carbonyl (C=O) groups excluding carboxylic acids is 1. The van der Waals surface area contributed by atoms with E-state index in [4.69, 9.17) is 0 Å². The molecule has 3 heteroatoms. The first-order valence-electron chi connectivity index (χ1n) is 6.67. The molecule has 1 amide bonds. The molecule has 0 saturated carbocycles. The maximum Gasteiger partial charge on any atom is 0.264 e. The molecule has 2 nitrogen and oxygen atoms in total. The van der Waals surface area contributed by atoms with Crippen LogP contribution in [0.2, 0.25) is 0 Å². The number of hydrogen-bond donors (Lipinski definition) is 0. The van der Waals surface area contributed by atoms with Gasteiger partial charge in [0.25, 0.3) is 5.91 Å². The first-order valence-corrected chi connectivity index (χ1v) is 7.55. The summed E-state index contributed by atoms with van der Waals surface area (Å²) in [4.78, 5) is 15.4. The highest BCUT2D eigenvalue weighted by atomic mass is 32.1. The molecule has 1 aliphatic rings. The Hall–Kier alpha value is -1.61. The van der Waals surface area contributed by atoms with E-state index in [9.17, 15) is 4.79 Å². The SMILES string of the molecule is Cc1cccc([C@H]2CCCN2C(=O)c2cccs2)c1. The van der Waals surface area contributed by atoms with Crippen molar-refractivity contribution < 1.29 is 4.79 Å². The number of nitrogens with zero attached hydrogens (tertiary/aromatic N) is 1. The number of hydrogen-bond acceptors (Lipinski definition) is 2. The lowest BCUT2D eigenvalue weighted by Gasteiger charge is -2.24. The lowest BCUT2D eigenvalue weighted by molar-refractivity contribution is 0.0740. The molecule has 98 valence electrons. The lowest BCUT2D eigenvalue weighted by Crippen LogP contribution is -2.29. The van der Waals surface area contributed by atoms with E-state index in [0.29, 0.717) is 0 Å². The average molecular weight is 271 g/mol. The van der Waals surface area contributed by atoms with Crippen LogP contribution in [0.4, 0.5) is 0 Å². The van der Waals surface area contributed by atoms with Crippen LogP contribution in [0, 0.1) is 6.92 Å². The molecule has 1 fully saturated rings. The summed E-state index contributed by atoms with van der Waals surface area (Å²) in [6, 6.07) is 12.6. The van der Waals surface area contributed by atoms with Gasteiger partial charge in [0, 0.05) is 6.54 Å². The molecule has 0 aliphatic carbocycles. The first-order chi connectivity index (χ1) is 9.25. The van der Waals surface area contributed by atoms with Crippen LogP contribution in [0.1, 0.15) is 39.7 Å². The van der Waals surface area contributed by atoms with Crippen molar-refractivity contribution in [1.82, 2.24) is 4.90 Å². The van der Waals surface area contributed by atoms with Gasteiger partial charge in [-0.15, -0.1) is 11.3 Å². The van der Waals surface area contributed by atoms with Gasteiger partial charge >= 0.3 is 0 Å². The predicted octanol–water partition coefficient (Wildman–Crippen LogP) is 4.03. The zero-order chi connectivity index (χ0) is 13.2. The van der Waals surface area contributed by atoms with E-state index in [1.54, 1.807) is 0 Å². The molecule has 3 rings (SSSR count). The predicted molar refractivity (Wildman–Crippen MR) is 78.5 cm³/mol. The van der Waals surface area contributed by atoms with E-state index in [-0.39, 0.29) is 11.9 Å². The summed E-state index contributed by atoms with van der Waals surface area (Å²) in [5.41, 5.74) is 2.52. The number of likely N-dealkylation sites (tertiary alicyclic amines) is 1. The normalized spacial score (nSPS) is 18.8. The van der Waals surface area contributed by atoms with Crippen LogP contribution in [0.5, 0.6) is 0 Å². The molecular weight excluding hydrogens is 254 g/mol. The smallest absolute Gasteiger partial charge is 0.264 e. The minimum absolute atomic E-state index is 0.180. The number of amides is 1. The molecule has 0 bridgehead atoms. The molecule has 2 heterocycles. The number of carbonyl (C=O) groups is 1. The minimum atomic E-state index is 0.180. The van der Waals surface area contributed by atoms with Gasteiger partial charge in [-0.2, -0.15) is 0 Å².